The van der Waals surface area contributed by atoms with Gasteiger partial charge in [0.1, 0.15) is 23.2 Å². The molecule has 1 aliphatic rings. The van der Waals surface area contributed by atoms with Gasteiger partial charge in [0.15, 0.2) is 0 Å². The molecule has 0 bridgehead atoms. The van der Waals surface area contributed by atoms with Gasteiger partial charge < -0.3 is 15.6 Å². The van der Waals surface area contributed by atoms with Crippen LogP contribution in [0.1, 0.15) is 5.82 Å². The number of rotatable bonds is 2. The molecular weight excluding hydrogens is 362 g/mol. The molecule has 0 atom stereocenters. The number of nitrogen functional groups attached to an aromatic ring is 1. The number of nitrogens with two attached hydrogens (primary N) is 1. The highest BCUT2D eigenvalue weighted by Gasteiger charge is 2.19. The normalized spacial score (nSPS) is 13.7. The van der Waals surface area contributed by atoms with Crippen LogP contribution < -0.4 is 11.1 Å². The molecule has 3 N–H and O–H groups in total. The van der Waals surface area contributed by atoms with Crippen LogP contribution in [0, 0.1) is 5.82 Å². The summed E-state index contributed by atoms with van der Waals surface area (Å²) in [6.45, 7) is 2.30. The highest BCUT2D eigenvalue weighted by atomic mass is 35.5. The van der Waals surface area contributed by atoms with E-state index in [0.717, 1.165) is 24.5 Å². The summed E-state index contributed by atoms with van der Waals surface area (Å²) in [5.74, 6) is 1.15. The number of benzene rings is 2. The quantitative estimate of drug-likeness (QED) is 0.698. The van der Waals surface area contributed by atoms with Crippen molar-refractivity contribution in [2.24, 2.45) is 0 Å². The summed E-state index contributed by atoms with van der Waals surface area (Å²) in [7, 11) is 0. The lowest BCUT2D eigenvalue weighted by Gasteiger charge is -2.15. The number of aromatic nitrogens is 2. The lowest BCUT2D eigenvalue weighted by molar-refractivity contribution is 0.509. The standard InChI is InChI=1S/C18H15Cl2FN4/c19-13-3-1-10(8-14(13)20)12-7-11(2-4-15(12)21)17-18(22)25-6-5-23-9-16(25)24-17/h1-4,7-8,23H,5-6,9,22H2. The van der Waals surface area contributed by atoms with Crippen molar-refractivity contribution in [3.05, 3.63) is 58.1 Å². The smallest absolute Gasteiger partial charge is 0.131 e. The molecule has 2 aromatic carbocycles. The van der Waals surface area contributed by atoms with Gasteiger partial charge in [0, 0.05) is 24.2 Å². The molecule has 0 saturated heterocycles. The Morgan fingerprint density at radius 1 is 1.08 bits per heavy atom. The molecule has 1 aromatic heterocycles. The molecule has 4 rings (SSSR count). The maximum atomic E-state index is 14.4. The van der Waals surface area contributed by atoms with Crippen LogP contribution >= 0.6 is 23.2 Å². The molecule has 4 nitrogen and oxygen atoms in total. The van der Waals surface area contributed by atoms with Crippen LogP contribution in [0.4, 0.5) is 10.2 Å². The van der Waals surface area contributed by atoms with Gasteiger partial charge in [-0.3, -0.25) is 0 Å². The van der Waals surface area contributed by atoms with E-state index in [4.69, 9.17) is 28.9 Å². The summed E-state index contributed by atoms with van der Waals surface area (Å²) >= 11 is 12.0. The third kappa shape index (κ3) is 2.88. The van der Waals surface area contributed by atoms with E-state index >= 15 is 0 Å². The van der Waals surface area contributed by atoms with Crippen molar-refractivity contribution in [3.63, 3.8) is 0 Å². The minimum Gasteiger partial charge on any atom is -0.383 e. The Hall–Kier alpha value is -2.08. The molecule has 3 aromatic rings. The predicted octanol–water partition coefficient (Wildman–Crippen LogP) is 4.35. The largest absolute Gasteiger partial charge is 0.383 e. The first kappa shape index (κ1) is 16.4. The van der Waals surface area contributed by atoms with Gasteiger partial charge in [0.05, 0.1) is 16.6 Å². The van der Waals surface area contributed by atoms with Crippen molar-refractivity contribution >= 4 is 29.0 Å². The molecule has 2 heterocycles. The maximum Gasteiger partial charge on any atom is 0.131 e. The van der Waals surface area contributed by atoms with Crippen LogP contribution in [0.3, 0.4) is 0 Å². The van der Waals surface area contributed by atoms with E-state index in [2.05, 4.69) is 10.3 Å². The monoisotopic (exact) mass is 376 g/mol. The second kappa shape index (κ2) is 6.33. The zero-order valence-electron chi connectivity index (χ0n) is 13.2. The second-order valence-corrected chi connectivity index (χ2v) is 6.73. The van der Waals surface area contributed by atoms with Crippen LogP contribution in [0.5, 0.6) is 0 Å². The van der Waals surface area contributed by atoms with Gasteiger partial charge in [0.25, 0.3) is 0 Å². The van der Waals surface area contributed by atoms with E-state index in [1.54, 1.807) is 30.3 Å². The molecule has 7 heteroatoms. The topological polar surface area (TPSA) is 55.9 Å². The van der Waals surface area contributed by atoms with Gasteiger partial charge in [-0.25, -0.2) is 9.37 Å². The minimum atomic E-state index is -0.341. The number of nitrogens with zero attached hydrogens (tertiary/aromatic N) is 2. The second-order valence-electron chi connectivity index (χ2n) is 5.91. The molecule has 128 valence electrons. The van der Waals surface area contributed by atoms with Crippen LogP contribution in [0.25, 0.3) is 22.4 Å². The molecule has 25 heavy (non-hydrogen) atoms. The van der Waals surface area contributed by atoms with E-state index in [1.807, 2.05) is 4.57 Å². The van der Waals surface area contributed by atoms with Crippen LogP contribution in [-0.4, -0.2) is 16.1 Å². The average molecular weight is 377 g/mol. The Kier molecular flexibility index (Phi) is 4.15. The van der Waals surface area contributed by atoms with Crippen molar-refractivity contribution in [2.75, 3.05) is 12.3 Å². The van der Waals surface area contributed by atoms with Gasteiger partial charge in [-0.15, -0.1) is 0 Å². The zero-order chi connectivity index (χ0) is 17.6. The van der Waals surface area contributed by atoms with E-state index in [9.17, 15) is 4.39 Å². The first-order valence-electron chi connectivity index (χ1n) is 7.85. The molecule has 0 aliphatic carbocycles. The zero-order valence-corrected chi connectivity index (χ0v) is 14.7. The molecule has 0 amide bonds. The van der Waals surface area contributed by atoms with Gasteiger partial charge in [-0.05, 0) is 35.9 Å². The SMILES string of the molecule is Nc1c(-c2ccc(F)c(-c3ccc(Cl)c(Cl)c3)c2)nc2n1CCNC2. The van der Waals surface area contributed by atoms with E-state index in [0.29, 0.717) is 39.2 Å². The fraction of sp³-hybridized carbons (Fsp3) is 0.167. The summed E-state index contributed by atoms with van der Waals surface area (Å²) in [6.07, 6.45) is 0. The van der Waals surface area contributed by atoms with Gasteiger partial charge >= 0.3 is 0 Å². The Morgan fingerprint density at radius 2 is 1.88 bits per heavy atom. The summed E-state index contributed by atoms with van der Waals surface area (Å²) in [5, 5.41) is 4.08. The number of fused-ring (bicyclic) bond motifs is 1. The molecule has 0 fully saturated rings. The predicted molar refractivity (Wildman–Crippen MR) is 99.2 cm³/mol. The van der Waals surface area contributed by atoms with Crippen LogP contribution in [0.15, 0.2) is 36.4 Å². The van der Waals surface area contributed by atoms with Crippen LogP contribution in [0.2, 0.25) is 10.0 Å². The lowest BCUT2D eigenvalue weighted by atomic mass is 10.0. The maximum absolute atomic E-state index is 14.4. The van der Waals surface area contributed by atoms with E-state index in [-0.39, 0.29) is 5.82 Å². The van der Waals surface area contributed by atoms with E-state index in [1.165, 1.54) is 6.07 Å². The number of halogens is 3. The fourth-order valence-electron chi connectivity index (χ4n) is 3.06. The Bertz CT molecular complexity index is 968. The highest BCUT2D eigenvalue weighted by Crippen LogP contribution is 2.34. The number of anilines is 1. The number of hydrogen-bond donors (Lipinski definition) is 2. The van der Waals surface area contributed by atoms with Gasteiger partial charge in [-0.1, -0.05) is 29.3 Å². The third-order valence-corrected chi connectivity index (χ3v) is 5.09. The Labute approximate surface area is 154 Å². The molecular formula is C18H15Cl2FN4. The summed E-state index contributed by atoms with van der Waals surface area (Å²) < 4.78 is 16.4. The summed E-state index contributed by atoms with van der Waals surface area (Å²) in [4.78, 5) is 4.62. The molecule has 0 radical (unpaired) electrons. The lowest BCUT2D eigenvalue weighted by Crippen LogP contribution is -2.28. The Morgan fingerprint density at radius 3 is 2.64 bits per heavy atom. The van der Waals surface area contributed by atoms with Gasteiger partial charge in [0.2, 0.25) is 0 Å². The van der Waals surface area contributed by atoms with Crippen LogP contribution in [-0.2, 0) is 13.1 Å². The summed E-state index contributed by atoms with van der Waals surface area (Å²) in [5.41, 5.74) is 8.78. The molecule has 0 saturated carbocycles. The number of imidazole rings is 1. The minimum absolute atomic E-state index is 0.341. The first-order chi connectivity index (χ1) is 12.0. The van der Waals surface area contributed by atoms with Gasteiger partial charge in [-0.2, -0.15) is 0 Å². The Balaban J connectivity index is 1.82. The molecule has 0 unspecified atom stereocenters. The fourth-order valence-corrected chi connectivity index (χ4v) is 3.36. The van der Waals surface area contributed by atoms with Crippen molar-refractivity contribution in [3.8, 4) is 22.4 Å². The highest BCUT2D eigenvalue weighted by molar-refractivity contribution is 6.42. The van der Waals surface area contributed by atoms with Crippen molar-refractivity contribution in [1.29, 1.82) is 0 Å². The number of nitrogens with one attached hydrogen (secondary N) is 1. The van der Waals surface area contributed by atoms with Crippen molar-refractivity contribution < 1.29 is 4.39 Å². The third-order valence-electron chi connectivity index (χ3n) is 4.35. The number of hydrogen-bond acceptors (Lipinski definition) is 3. The average Bonchev–Trinajstić information content (AvgIpc) is 2.95. The molecule has 1 aliphatic heterocycles. The summed E-state index contributed by atoms with van der Waals surface area (Å²) in [6, 6.07) is 9.89. The van der Waals surface area contributed by atoms with Crippen molar-refractivity contribution in [2.45, 2.75) is 13.1 Å². The first-order valence-corrected chi connectivity index (χ1v) is 8.61. The van der Waals surface area contributed by atoms with Crippen molar-refractivity contribution in [1.82, 2.24) is 14.9 Å². The van der Waals surface area contributed by atoms with E-state index < -0.39 is 0 Å². The molecule has 0 spiro atoms.